The Morgan fingerprint density at radius 1 is 1.36 bits per heavy atom. The minimum atomic E-state index is -0.328. The minimum absolute atomic E-state index is 0. The Balaban J connectivity index is 0.00000225. The van der Waals surface area contributed by atoms with E-state index < -0.39 is 0 Å². The summed E-state index contributed by atoms with van der Waals surface area (Å²) in [7, 11) is 0. The minimum Gasteiger partial charge on any atom is -0.342 e. The van der Waals surface area contributed by atoms with Gasteiger partial charge in [0.05, 0.1) is 5.92 Å². The third-order valence-electron chi connectivity index (χ3n) is 5.58. The van der Waals surface area contributed by atoms with Gasteiger partial charge in [-0.15, -0.1) is 12.4 Å². The predicted molar refractivity (Wildman–Crippen MR) is 106 cm³/mol. The summed E-state index contributed by atoms with van der Waals surface area (Å²) in [5.74, 6) is 1.49. The van der Waals surface area contributed by atoms with Crippen molar-refractivity contribution in [1.29, 1.82) is 0 Å². The molecule has 0 saturated carbocycles. The summed E-state index contributed by atoms with van der Waals surface area (Å²) in [6, 6.07) is 6.16. The van der Waals surface area contributed by atoms with Gasteiger partial charge in [-0.3, -0.25) is 4.79 Å². The van der Waals surface area contributed by atoms with Crippen LogP contribution < -0.4 is 5.32 Å². The highest BCUT2D eigenvalue weighted by atomic mass is 35.5. The molecule has 0 bridgehead atoms. The molecule has 8 heteroatoms. The first-order chi connectivity index (χ1) is 13.2. The van der Waals surface area contributed by atoms with Crippen molar-refractivity contribution in [2.24, 2.45) is 5.92 Å². The van der Waals surface area contributed by atoms with E-state index in [2.05, 4.69) is 15.5 Å². The summed E-state index contributed by atoms with van der Waals surface area (Å²) >= 11 is 0. The molecule has 1 amide bonds. The lowest BCUT2D eigenvalue weighted by Crippen LogP contribution is -2.39. The Bertz CT molecular complexity index is 794. The van der Waals surface area contributed by atoms with Crippen LogP contribution in [0.5, 0.6) is 0 Å². The largest absolute Gasteiger partial charge is 0.342 e. The second kappa shape index (κ2) is 9.47. The van der Waals surface area contributed by atoms with Crippen LogP contribution in [0.4, 0.5) is 4.39 Å². The Kier molecular flexibility index (Phi) is 7.02. The van der Waals surface area contributed by atoms with E-state index in [1.165, 1.54) is 18.6 Å². The number of nitrogens with zero attached hydrogens (tertiary/aromatic N) is 3. The van der Waals surface area contributed by atoms with Gasteiger partial charge < -0.3 is 14.7 Å². The van der Waals surface area contributed by atoms with Crippen LogP contribution in [-0.4, -0.2) is 47.1 Å². The van der Waals surface area contributed by atoms with E-state index in [-0.39, 0.29) is 30.0 Å². The zero-order valence-corrected chi connectivity index (χ0v) is 16.6. The second-order valence-corrected chi connectivity index (χ2v) is 7.54. The van der Waals surface area contributed by atoms with Crippen molar-refractivity contribution in [1.82, 2.24) is 20.4 Å². The van der Waals surface area contributed by atoms with Gasteiger partial charge >= 0.3 is 0 Å². The maximum atomic E-state index is 13.4. The molecule has 2 saturated heterocycles. The maximum Gasteiger partial charge on any atom is 0.231 e. The molecule has 0 radical (unpaired) electrons. The van der Waals surface area contributed by atoms with Gasteiger partial charge in [0.2, 0.25) is 17.6 Å². The molecule has 1 aromatic carbocycles. The fourth-order valence-electron chi connectivity index (χ4n) is 4.00. The van der Waals surface area contributed by atoms with E-state index in [1.807, 2.05) is 4.90 Å². The van der Waals surface area contributed by atoms with Crippen LogP contribution in [0.2, 0.25) is 0 Å². The topological polar surface area (TPSA) is 71.3 Å². The molecule has 4 rings (SSSR count). The number of piperidine rings is 1. The molecular weight excluding hydrogens is 383 g/mol. The molecule has 1 N–H and O–H groups in total. The van der Waals surface area contributed by atoms with Crippen LogP contribution >= 0.6 is 12.4 Å². The highest BCUT2D eigenvalue weighted by Crippen LogP contribution is 2.28. The van der Waals surface area contributed by atoms with Crippen molar-refractivity contribution in [2.75, 3.05) is 26.2 Å². The SMILES string of the molecule is Cl.O=C(CCC1CCNC1)N1CCCC(c2nc(-c3cccc(F)c3)no2)C1. The number of nitrogens with one attached hydrogen (secondary N) is 1. The number of likely N-dealkylation sites (tertiary alicyclic amines) is 1. The number of carbonyl (C=O) groups is 1. The Labute approximate surface area is 170 Å². The lowest BCUT2D eigenvalue weighted by molar-refractivity contribution is -0.132. The van der Waals surface area contributed by atoms with Crippen LogP contribution in [0, 0.1) is 11.7 Å². The first kappa shape index (κ1) is 20.7. The number of hydrogen-bond donors (Lipinski definition) is 1. The number of benzene rings is 1. The summed E-state index contributed by atoms with van der Waals surface area (Å²) in [6.07, 6.45) is 4.58. The fourth-order valence-corrected chi connectivity index (χ4v) is 4.00. The van der Waals surface area contributed by atoms with Gasteiger partial charge in [0.1, 0.15) is 5.82 Å². The Morgan fingerprint density at radius 3 is 3.04 bits per heavy atom. The van der Waals surface area contributed by atoms with Gasteiger partial charge in [0, 0.05) is 25.1 Å². The van der Waals surface area contributed by atoms with Crippen LogP contribution in [0.3, 0.4) is 0 Å². The number of amides is 1. The number of hydrogen-bond acceptors (Lipinski definition) is 5. The molecule has 28 heavy (non-hydrogen) atoms. The van der Waals surface area contributed by atoms with Crippen LogP contribution in [-0.2, 0) is 4.79 Å². The molecule has 2 unspecified atom stereocenters. The standard InChI is InChI=1S/C20H25FN4O2.ClH/c21-17-5-1-3-15(11-17)19-23-20(27-24-19)16-4-2-10-25(13-16)18(26)7-6-14-8-9-22-12-14;/h1,3,5,11,14,16,22H,2,4,6-10,12-13H2;1H. The summed E-state index contributed by atoms with van der Waals surface area (Å²) < 4.78 is 18.8. The molecule has 6 nitrogen and oxygen atoms in total. The van der Waals surface area contributed by atoms with Crippen LogP contribution in [0.15, 0.2) is 28.8 Å². The van der Waals surface area contributed by atoms with Crippen molar-refractivity contribution in [3.63, 3.8) is 0 Å². The highest BCUT2D eigenvalue weighted by Gasteiger charge is 2.29. The zero-order chi connectivity index (χ0) is 18.6. The molecule has 2 aliphatic rings. The fraction of sp³-hybridized carbons (Fsp3) is 0.550. The molecule has 2 fully saturated rings. The third-order valence-corrected chi connectivity index (χ3v) is 5.58. The highest BCUT2D eigenvalue weighted by molar-refractivity contribution is 5.85. The lowest BCUT2D eigenvalue weighted by Gasteiger charge is -2.31. The zero-order valence-electron chi connectivity index (χ0n) is 15.8. The monoisotopic (exact) mass is 408 g/mol. The lowest BCUT2D eigenvalue weighted by atomic mass is 9.96. The Hall–Kier alpha value is -1.99. The van der Waals surface area contributed by atoms with Crippen LogP contribution in [0.25, 0.3) is 11.4 Å². The number of carbonyl (C=O) groups excluding carboxylic acids is 1. The van der Waals surface area contributed by atoms with Gasteiger partial charge in [-0.1, -0.05) is 17.3 Å². The van der Waals surface area contributed by atoms with Crippen molar-refractivity contribution >= 4 is 18.3 Å². The molecule has 0 spiro atoms. The smallest absolute Gasteiger partial charge is 0.231 e. The van der Waals surface area contributed by atoms with E-state index in [1.54, 1.807) is 12.1 Å². The molecule has 0 aliphatic carbocycles. The van der Waals surface area contributed by atoms with Gasteiger partial charge in [-0.25, -0.2) is 4.39 Å². The van der Waals surface area contributed by atoms with E-state index in [9.17, 15) is 9.18 Å². The molecule has 1 aromatic heterocycles. The van der Waals surface area contributed by atoms with E-state index in [0.29, 0.717) is 36.2 Å². The van der Waals surface area contributed by atoms with Crippen molar-refractivity contribution in [2.45, 2.75) is 38.0 Å². The molecule has 3 heterocycles. The Morgan fingerprint density at radius 2 is 2.25 bits per heavy atom. The summed E-state index contributed by atoms with van der Waals surface area (Å²) in [4.78, 5) is 19.0. The van der Waals surface area contributed by atoms with Crippen molar-refractivity contribution < 1.29 is 13.7 Å². The summed E-state index contributed by atoms with van der Waals surface area (Å²) in [5.41, 5.74) is 0.596. The van der Waals surface area contributed by atoms with Gasteiger partial charge in [-0.05, 0) is 56.8 Å². The third kappa shape index (κ3) is 4.89. The van der Waals surface area contributed by atoms with Gasteiger partial charge in [-0.2, -0.15) is 4.98 Å². The maximum absolute atomic E-state index is 13.4. The molecule has 152 valence electrons. The normalized spacial score (nSPS) is 22.1. The van der Waals surface area contributed by atoms with Gasteiger partial charge in [0.15, 0.2) is 0 Å². The molecular formula is C20H26ClFN4O2. The predicted octanol–water partition coefficient (Wildman–Crippen LogP) is 3.39. The quantitative estimate of drug-likeness (QED) is 0.821. The number of rotatable bonds is 5. The van der Waals surface area contributed by atoms with E-state index in [4.69, 9.17) is 4.52 Å². The van der Waals surface area contributed by atoms with E-state index in [0.717, 1.165) is 38.9 Å². The van der Waals surface area contributed by atoms with Crippen molar-refractivity contribution in [3.05, 3.63) is 36.0 Å². The van der Waals surface area contributed by atoms with E-state index >= 15 is 0 Å². The summed E-state index contributed by atoms with van der Waals surface area (Å²) in [5, 5.41) is 7.35. The first-order valence-electron chi connectivity index (χ1n) is 9.77. The average Bonchev–Trinajstić information content (AvgIpc) is 3.38. The number of aromatic nitrogens is 2. The van der Waals surface area contributed by atoms with Gasteiger partial charge in [0.25, 0.3) is 0 Å². The summed E-state index contributed by atoms with van der Waals surface area (Å²) in [6.45, 7) is 3.51. The number of halogens is 2. The average molecular weight is 409 g/mol. The van der Waals surface area contributed by atoms with Crippen LogP contribution in [0.1, 0.15) is 43.9 Å². The first-order valence-corrected chi connectivity index (χ1v) is 9.77. The molecule has 2 aromatic rings. The molecule has 2 atom stereocenters. The molecule has 2 aliphatic heterocycles. The second-order valence-electron chi connectivity index (χ2n) is 7.54. The van der Waals surface area contributed by atoms with Crippen molar-refractivity contribution in [3.8, 4) is 11.4 Å².